The number of nitrogens with two attached hydrogens (primary N) is 1. The van der Waals surface area contributed by atoms with Crippen LogP contribution >= 0.6 is 0 Å². The number of nitrogens with one attached hydrogen (secondary N) is 7. The van der Waals surface area contributed by atoms with Gasteiger partial charge < -0.3 is 63.4 Å². The summed E-state index contributed by atoms with van der Waals surface area (Å²) in [5, 5.41) is 55.0. The Bertz CT molecular complexity index is 1740. The van der Waals surface area contributed by atoms with Crippen molar-refractivity contribution in [3.8, 4) is 5.75 Å². The number of phenolic OH excluding ortho intramolecular Hbond substituents is 1. The van der Waals surface area contributed by atoms with Crippen LogP contribution in [0.1, 0.15) is 79.7 Å². The Hall–Kier alpha value is -6.32. The number of carboxylic acids is 2. The first kappa shape index (κ1) is 52.7. The van der Waals surface area contributed by atoms with Crippen LogP contribution in [0.15, 0.2) is 24.3 Å². The normalized spacial score (nSPS) is 15.0. The Kier molecular flexibility index (Phi) is 21.9. The largest absolute Gasteiger partial charge is 0.508 e. The summed E-state index contributed by atoms with van der Waals surface area (Å²) in [5.74, 6) is -12.3. The predicted molar refractivity (Wildman–Crippen MR) is 216 cm³/mol. The molecule has 22 heteroatoms. The molecule has 340 valence electrons. The Balaban J connectivity index is 3.28. The Morgan fingerprint density at radius 3 is 1.52 bits per heavy atom. The fourth-order valence-corrected chi connectivity index (χ4v) is 5.82. The number of primary amides is 1. The van der Waals surface area contributed by atoms with E-state index in [1.807, 2.05) is 0 Å². The maximum absolute atomic E-state index is 13.8. The van der Waals surface area contributed by atoms with Crippen LogP contribution in [0.2, 0.25) is 0 Å². The lowest BCUT2D eigenvalue weighted by molar-refractivity contribution is -0.144. The fourth-order valence-electron chi connectivity index (χ4n) is 5.82. The van der Waals surface area contributed by atoms with E-state index in [1.54, 1.807) is 41.5 Å². The highest BCUT2D eigenvalue weighted by atomic mass is 16.4. The molecule has 0 saturated heterocycles. The molecule has 8 amide bonds. The molecule has 0 aliphatic carbocycles. The Labute approximate surface area is 352 Å². The number of rotatable bonds is 26. The van der Waals surface area contributed by atoms with Crippen LogP contribution in [-0.4, -0.2) is 129 Å². The van der Waals surface area contributed by atoms with E-state index in [9.17, 15) is 68.4 Å². The van der Waals surface area contributed by atoms with Crippen LogP contribution in [0.25, 0.3) is 0 Å². The summed E-state index contributed by atoms with van der Waals surface area (Å²) in [6, 6.07) is -4.94. The molecule has 8 unspecified atom stereocenters. The number of amides is 8. The lowest BCUT2D eigenvalue weighted by atomic mass is 9.95. The third kappa shape index (κ3) is 18.6. The molecule has 0 aromatic heterocycles. The minimum absolute atomic E-state index is 0.0266. The van der Waals surface area contributed by atoms with E-state index in [2.05, 4.69) is 37.2 Å². The van der Waals surface area contributed by atoms with E-state index in [4.69, 9.17) is 5.73 Å². The van der Waals surface area contributed by atoms with Gasteiger partial charge in [0, 0.05) is 13.3 Å². The number of carbonyl (C=O) groups is 10. The molecule has 0 radical (unpaired) electrons. The van der Waals surface area contributed by atoms with E-state index in [0.717, 1.165) is 0 Å². The summed E-state index contributed by atoms with van der Waals surface area (Å²) in [4.78, 5) is 128. The second kappa shape index (κ2) is 25.3. The summed E-state index contributed by atoms with van der Waals surface area (Å²) in [6.07, 6.45) is -1.66. The van der Waals surface area contributed by atoms with Crippen LogP contribution in [0.3, 0.4) is 0 Å². The second-order valence-electron chi connectivity index (χ2n) is 15.4. The van der Waals surface area contributed by atoms with Crippen LogP contribution in [0, 0.1) is 17.8 Å². The molecule has 22 nitrogen and oxygen atoms in total. The lowest BCUT2D eigenvalue weighted by Crippen LogP contribution is -2.62. The van der Waals surface area contributed by atoms with Crippen molar-refractivity contribution in [1.29, 1.82) is 0 Å². The van der Waals surface area contributed by atoms with Crippen molar-refractivity contribution in [2.75, 3.05) is 6.61 Å². The molecule has 0 aliphatic rings. The van der Waals surface area contributed by atoms with E-state index < -0.39 is 133 Å². The molecule has 0 saturated carbocycles. The Morgan fingerprint density at radius 2 is 1.07 bits per heavy atom. The van der Waals surface area contributed by atoms with Gasteiger partial charge in [0.15, 0.2) is 0 Å². The molecule has 0 bridgehead atoms. The molecule has 8 atom stereocenters. The highest BCUT2D eigenvalue weighted by Crippen LogP contribution is 2.14. The van der Waals surface area contributed by atoms with E-state index >= 15 is 0 Å². The maximum atomic E-state index is 13.8. The molecule has 0 spiro atoms. The molecular weight excluding hydrogens is 804 g/mol. The van der Waals surface area contributed by atoms with Gasteiger partial charge in [0.25, 0.3) is 0 Å². The van der Waals surface area contributed by atoms with Crippen molar-refractivity contribution in [1.82, 2.24) is 37.2 Å². The van der Waals surface area contributed by atoms with Crippen LogP contribution < -0.4 is 43.0 Å². The van der Waals surface area contributed by atoms with E-state index in [-0.39, 0.29) is 30.9 Å². The number of hydrogen-bond acceptors (Lipinski definition) is 12. The first-order valence-electron chi connectivity index (χ1n) is 19.6. The lowest BCUT2D eigenvalue weighted by Gasteiger charge is -2.30. The molecule has 61 heavy (non-hydrogen) atoms. The van der Waals surface area contributed by atoms with Gasteiger partial charge >= 0.3 is 11.9 Å². The molecule has 1 rings (SSSR count). The molecule has 13 N–H and O–H groups in total. The van der Waals surface area contributed by atoms with Crippen molar-refractivity contribution in [3.05, 3.63) is 29.8 Å². The zero-order valence-electron chi connectivity index (χ0n) is 35.3. The second-order valence-corrected chi connectivity index (χ2v) is 15.4. The standard InChI is InChI=1S/C39H60N8O14/c1-8-20(6)32(38(59)43-25(15-29(40)51)34(55)42-26(16-30(52)53)35(56)44-27(39(60)61)13-18(2)3)47-37(58)31(19(4)5)46-36(57)28(17-48)45-33(54)24(41-21(7)49)14-22-9-11-23(50)12-10-22/h9-12,18-20,24-28,31-32,48,50H,8,13-17H2,1-7H3,(H2,40,51)(H,41,49)(H,42,55)(H,43,59)(H,44,56)(H,45,54)(H,46,57)(H,47,58)(H,52,53)(H,60,61). The fraction of sp³-hybridized carbons (Fsp3) is 0.590. The predicted octanol–water partition coefficient (Wildman–Crippen LogP) is -2.48. The zero-order chi connectivity index (χ0) is 46.7. The number of aromatic hydroxyl groups is 1. The summed E-state index contributed by atoms with van der Waals surface area (Å²) in [6.45, 7) is 9.98. The van der Waals surface area contributed by atoms with Crippen LogP contribution in [0.4, 0.5) is 0 Å². The van der Waals surface area contributed by atoms with Crippen molar-refractivity contribution >= 4 is 59.2 Å². The topological polar surface area (TPSA) is 362 Å². The number of carboxylic acid groups (broad SMARTS) is 2. The number of benzene rings is 1. The number of aliphatic carboxylic acids is 2. The van der Waals surface area contributed by atoms with Gasteiger partial charge in [0.05, 0.1) is 19.4 Å². The zero-order valence-corrected chi connectivity index (χ0v) is 35.3. The SMILES string of the molecule is CCC(C)C(NC(=O)C(NC(=O)C(CO)NC(=O)C(Cc1ccc(O)cc1)NC(C)=O)C(C)C)C(=O)NC(CC(N)=O)C(=O)NC(CC(=O)O)C(=O)NC(CC(C)C)C(=O)O. The summed E-state index contributed by atoms with van der Waals surface area (Å²) in [7, 11) is 0. The summed E-state index contributed by atoms with van der Waals surface area (Å²) < 4.78 is 0. The van der Waals surface area contributed by atoms with Gasteiger partial charge in [-0.05, 0) is 41.9 Å². The monoisotopic (exact) mass is 864 g/mol. The number of aliphatic hydroxyl groups is 1. The van der Waals surface area contributed by atoms with Crippen LogP contribution in [-0.2, 0) is 54.4 Å². The van der Waals surface area contributed by atoms with Gasteiger partial charge in [0.2, 0.25) is 47.3 Å². The van der Waals surface area contributed by atoms with Crippen molar-refractivity contribution < 1.29 is 68.4 Å². The van der Waals surface area contributed by atoms with Gasteiger partial charge in [-0.1, -0.05) is 60.1 Å². The summed E-state index contributed by atoms with van der Waals surface area (Å²) in [5.41, 5.74) is 5.89. The quantitative estimate of drug-likeness (QED) is 0.0459. The maximum Gasteiger partial charge on any atom is 0.326 e. The molecule has 0 heterocycles. The molecule has 0 aliphatic heterocycles. The third-order valence-corrected chi connectivity index (χ3v) is 9.30. The van der Waals surface area contributed by atoms with Gasteiger partial charge in [-0.3, -0.25) is 43.2 Å². The van der Waals surface area contributed by atoms with Crippen molar-refractivity contribution in [3.63, 3.8) is 0 Å². The number of hydrogen-bond donors (Lipinski definition) is 12. The molecular formula is C39H60N8O14. The minimum Gasteiger partial charge on any atom is -0.508 e. The highest BCUT2D eigenvalue weighted by molar-refractivity contribution is 5.99. The minimum atomic E-state index is -1.85. The smallest absolute Gasteiger partial charge is 0.326 e. The van der Waals surface area contributed by atoms with Gasteiger partial charge in [-0.15, -0.1) is 0 Å². The highest BCUT2D eigenvalue weighted by Gasteiger charge is 2.37. The number of carbonyl (C=O) groups excluding carboxylic acids is 8. The number of aliphatic hydroxyl groups excluding tert-OH is 1. The molecule has 1 aromatic carbocycles. The summed E-state index contributed by atoms with van der Waals surface area (Å²) >= 11 is 0. The average molecular weight is 865 g/mol. The van der Waals surface area contributed by atoms with Gasteiger partial charge in [-0.25, -0.2) is 4.79 Å². The third-order valence-electron chi connectivity index (χ3n) is 9.30. The molecule has 1 aromatic rings. The average Bonchev–Trinajstić information content (AvgIpc) is 3.16. The Morgan fingerprint density at radius 1 is 0.607 bits per heavy atom. The first-order valence-corrected chi connectivity index (χ1v) is 19.6. The van der Waals surface area contributed by atoms with Gasteiger partial charge in [-0.2, -0.15) is 0 Å². The van der Waals surface area contributed by atoms with Crippen LogP contribution in [0.5, 0.6) is 5.75 Å². The number of phenols is 1. The van der Waals surface area contributed by atoms with Crippen molar-refractivity contribution in [2.24, 2.45) is 23.5 Å². The van der Waals surface area contributed by atoms with Gasteiger partial charge in [0.1, 0.15) is 48.0 Å². The van der Waals surface area contributed by atoms with E-state index in [1.165, 1.54) is 31.2 Å². The van der Waals surface area contributed by atoms with E-state index in [0.29, 0.717) is 5.56 Å². The first-order chi connectivity index (χ1) is 28.4. The molecule has 0 fully saturated rings. The van der Waals surface area contributed by atoms with Crippen molar-refractivity contribution in [2.45, 2.75) is 123 Å².